The quantitative estimate of drug-likeness (QED) is 0.649. The van der Waals surface area contributed by atoms with Crippen molar-refractivity contribution < 1.29 is 14.4 Å². The average Bonchev–Trinajstić information content (AvgIpc) is 2.85. The molecule has 0 radical (unpaired) electrons. The minimum Gasteiger partial charge on any atom is -0.396 e. The molecule has 1 aromatic carbocycles. The van der Waals surface area contributed by atoms with E-state index in [-0.39, 0.29) is 18.0 Å². The number of benzene rings is 1. The third-order valence-corrected chi connectivity index (χ3v) is 2.52. The fourth-order valence-electron chi connectivity index (χ4n) is 1.58. The van der Waals surface area contributed by atoms with E-state index in [1.54, 1.807) is 0 Å². The molecule has 1 heterocycles. The van der Waals surface area contributed by atoms with E-state index in [1.807, 2.05) is 0 Å². The van der Waals surface area contributed by atoms with E-state index in [0.29, 0.717) is 18.5 Å². The molecule has 0 aliphatic heterocycles. The van der Waals surface area contributed by atoms with Gasteiger partial charge >= 0.3 is 0 Å². The van der Waals surface area contributed by atoms with Gasteiger partial charge in [0.05, 0.1) is 16.8 Å². The molecule has 19 heavy (non-hydrogen) atoms. The van der Waals surface area contributed by atoms with Gasteiger partial charge in [0, 0.05) is 18.7 Å². The van der Waals surface area contributed by atoms with Crippen molar-refractivity contribution >= 4 is 5.69 Å². The van der Waals surface area contributed by atoms with E-state index < -0.39 is 10.7 Å². The zero-order valence-corrected chi connectivity index (χ0v) is 9.86. The van der Waals surface area contributed by atoms with E-state index in [9.17, 15) is 14.5 Å². The van der Waals surface area contributed by atoms with E-state index in [2.05, 4.69) is 10.3 Å². The molecular weight excluding hydrogens is 255 g/mol. The number of non-ortho nitro benzene ring substituents is 1. The molecule has 2 rings (SSSR count). The zero-order valence-electron chi connectivity index (χ0n) is 9.86. The summed E-state index contributed by atoms with van der Waals surface area (Å²) in [6.45, 7) is 0.0258. The van der Waals surface area contributed by atoms with Crippen molar-refractivity contribution in [3.05, 3.63) is 46.0 Å². The second-order valence-corrected chi connectivity index (χ2v) is 3.87. The molecule has 1 aromatic heterocycles. The highest BCUT2D eigenvalue weighted by molar-refractivity contribution is 5.43. The number of nitro benzene ring substituents is 1. The van der Waals surface area contributed by atoms with E-state index in [4.69, 9.17) is 5.11 Å². The highest BCUT2D eigenvalue weighted by Gasteiger charge is 2.13. The highest BCUT2D eigenvalue weighted by atomic mass is 19.1. The Morgan fingerprint density at radius 1 is 1.47 bits per heavy atom. The van der Waals surface area contributed by atoms with Crippen molar-refractivity contribution in [3.8, 4) is 5.69 Å². The molecule has 0 bridgehead atoms. The van der Waals surface area contributed by atoms with Gasteiger partial charge in [-0.3, -0.25) is 10.1 Å². The number of aryl methyl sites for hydroxylation is 1. The van der Waals surface area contributed by atoms with Gasteiger partial charge in [0.2, 0.25) is 0 Å². The third kappa shape index (κ3) is 2.91. The Morgan fingerprint density at radius 3 is 2.95 bits per heavy atom. The molecule has 0 saturated heterocycles. The highest BCUT2D eigenvalue weighted by Crippen LogP contribution is 2.19. The molecule has 0 amide bonds. The van der Waals surface area contributed by atoms with Crippen molar-refractivity contribution in [1.82, 2.24) is 15.0 Å². The van der Waals surface area contributed by atoms with Crippen LogP contribution in [0.2, 0.25) is 0 Å². The summed E-state index contributed by atoms with van der Waals surface area (Å²) in [5.41, 5.74) is 0.334. The lowest BCUT2D eigenvalue weighted by molar-refractivity contribution is -0.384. The third-order valence-electron chi connectivity index (χ3n) is 2.52. The van der Waals surface area contributed by atoms with E-state index >= 15 is 0 Å². The summed E-state index contributed by atoms with van der Waals surface area (Å²) in [5.74, 6) is -0.621. The van der Waals surface area contributed by atoms with Crippen LogP contribution in [0.25, 0.3) is 5.69 Å². The minimum atomic E-state index is -0.621. The summed E-state index contributed by atoms with van der Waals surface area (Å²) < 4.78 is 14.8. The van der Waals surface area contributed by atoms with Gasteiger partial charge in [-0.2, -0.15) is 0 Å². The fourth-order valence-corrected chi connectivity index (χ4v) is 1.58. The van der Waals surface area contributed by atoms with Crippen LogP contribution in [0.1, 0.15) is 12.1 Å². The topological polar surface area (TPSA) is 94.1 Å². The summed E-state index contributed by atoms with van der Waals surface area (Å²) in [5, 5.41) is 26.9. The molecule has 7 nitrogen and oxygen atoms in total. The van der Waals surface area contributed by atoms with E-state index in [0.717, 1.165) is 22.9 Å². The van der Waals surface area contributed by atoms with Crippen molar-refractivity contribution in [2.45, 2.75) is 12.8 Å². The molecule has 0 aliphatic carbocycles. The molecule has 0 atom stereocenters. The lowest BCUT2D eigenvalue weighted by Crippen LogP contribution is -2.00. The lowest BCUT2D eigenvalue weighted by atomic mass is 10.2. The van der Waals surface area contributed by atoms with Crippen LogP contribution in [0.5, 0.6) is 0 Å². The molecule has 0 fully saturated rings. The predicted molar refractivity (Wildman–Crippen MR) is 63.4 cm³/mol. The summed E-state index contributed by atoms with van der Waals surface area (Å²) in [4.78, 5) is 10.0. The molecule has 0 unspecified atom stereocenters. The first kappa shape index (κ1) is 13.1. The van der Waals surface area contributed by atoms with Crippen LogP contribution in [-0.2, 0) is 6.42 Å². The monoisotopic (exact) mass is 266 g/mol. The second kappa shape index (κ2) is 5.53. The number of halogens is 1. The Kier molecular flexibility index (Phi) is 3.81. The smallest absolute Gasteiger partial charge is 0.271 e. The number of hydrogen-bond acceptors (Lipinski definition) is 5. The number of nitrogens with zero attached hydrogens (tertiary/aromatic N) is 4. The number of aromatic nitrogens is 3. The van der Waals surface area contributed by atoms with Gasteiger partial charge in [-0.05, 0) is 18.9 Å². The number of rotatable bonds is 5. The summed E-state index contributed by atoms with van der Waals surface area (Å²) in [6, 6.07) is 3.20. The first-order chi connectivity index (χ1) is 9.11. The van der Waals surface area contributed by atoms with Gasteiger partial charge in [0.1, 0.15) is 11.5 Å². The van der Waals surface area contributed by atoms with Crippen LogP contribution in [-0.4, -0.2) is 31.6 Å². The van der Waals surface area contributed by atoms with Gasteiger partial charge in [0.25, 0.3) is 5.69 Å². The van der Waals surface area contributed by atoms with Crippen molar-refractivity contribution in [1.29, 1.82) is 0 Å². The molecule has 2 aromatic rings. The van der Waals surface area contributed by atoms with Crippen molar-refractivity contribution in [3.63, 3.8) is 0 Å². The van der Waals surface area contributed by atoms with Crippen LogP contribution < -0.4 is 0 Å². The standard InChI is InChI=1S/C11H11FN4O3/c12-10-4-3-9(16(18)19)6-11(10)15-7-8(13-14-15)2-1-5-17/h3-4,6-7,17H,1-2,5H2. The summed E-state index contributed by atoms with van der Waals surface area (Å²) in [6.07, 6.45) is 2.51. The Hall–Kier alpha value is -2.35. The van der Waals surface area contributed by atoms with Crippen LogP contribution in [0.15, 0.2) is 24.4 Å². The second-order valence-electron chi connectivity index (χ2n) is 3.87. The average molecular weight is 266 g/mol. The lowest BCUT2D eigenvalue weighted by Gasteiger charge is -2.01. The Balaban J connectivity index is 2.32. The normalized spacial score (nSPS) is 10.6. The zero-order chi connectivity index (χ0) is 13.8. The number of aliphatic hydroxyl groups excluding tert-OH is 1. The van der Waals surface area contributed by atoms with E-state index in [1.165, 1.54) is 6.20 Å². The van der Waals surface area contributed by atoms with Crippen molar-refractivity contribution in [2.75, 3.05) is 6.61 Å². The van der Waals surface area contributed by atoms with Gasteiger partial charge in [0.15, 0.2) is 0 Å². The van der Waals surface area contributed by atoms with Crippen LogP contribution in [0, 0.1) is 15.9 Å². The molecule has 0 saturated carbocycles. The van der Waals surface area contributed by atoms with Crippen molar-refractivity contribution in [2.24, 2.45) is 0 Å². The van der Waals surface area contributed by atoms with Crippen LogP contribution >= 0.6 is 0 Å². The summed E-state index contributed by atoms with van der Waals surface area (Å²) >= 11 is 0. The Morgan fingerprint density at radius 2 is 2.26 bits per heavy atom. The predicted octanol–water partition coefficient (Wildman–Crippen LogP) is 1.24. The van der Waals surface area contributed by atoms with Crippen LogP contribution in [0.4, 0.5) is 10.1 Å². The molecule has 0 aliphatic rings. The molecular formula is C11H11FN4O3. The van der Waals surface area contributed by atoms with Gasteiger partial charge in [-0.1, -0.05) is 5.21 Å². The Bertz CT molecular complexity index is 599. The van der Waals surface area contributed by atoms with Gasteiger partial charge < -0.3 is 5.11 Å². The fraction of sp³-hybridized carbons (Fsp3) is 0.273. The maximum Gasteiger partial charge on any atom is 0.271 e. The maximum atomic E-state index is 13.6. The number of aliphatic hydroxyl groups is 1. The number of hydrogen-bond donors (Lipinski definition) is 1. The molecule has 1 N–H and O–H groups in total. The molecule has 0 spiro atoms. The molecule has 8 heteroatoms. The summed E-state index contributed by atoms with van der Waals surface area (Å²) in [7, 11) is 0. The largest absolute Gasteiger partial charge is 0.396 e. The Labute approximate surface area is 107 Å². The first-order valence-corrected chi connectivity index (χ1v) is 5.58. The van der Waals surface area contributed by atoms with Gasteiger partial charge in [-0.15, -0.1) is 5.10 Å². The number of nitro groups is 1. The first-order valence-electron chi connectivity index (χ1n) is 5.58. The molecule has 100 valence electrons. The minimum absolute atomic E-state index is 0.0258. The van der Waals surface area contributed by atoms with Crippen LogP contribution in [0.3, 0.4) is 0 Å². The SMILES string of the molecule is O=[N+]([O-])c1ccc(F)c(-n2cc(CCCO)nn2)c1. The maximum absolute atomic E-state index is 13.6. The van der Waals surface area contributed by atoms with Gasteiger partial charge in [-0.25, -0.2) is 9.07 Å².